The Morgan fingerprint density at radius 2 is 2.05 bits per heavy atom. The predicted octanol–water partition coefficient (Wildman–Crippen LogP) is 1.82. The van der Waals surface area contributed by atoms with E-state index in [1.165, 1.54) is 7.11 Å². The summed E-state index contributed by atoms with van der Waals surface area (Å²) in [4.78, 5) is 14.6. The lowest BCUT2D eigenvalue weighted by Crippen LogP contribution is -2.48. The summed E-state index contributed by atoms with van der Waals surface area (Å²) in [5.41, 5.74) is 0.364. The summed E-state index contributed by atoms with van der Waals surface area (Å²) in [5.74, 6) is -0.114. The fourth-order valence-electron chi connectivity index (χ4n) is 3.49. The molecule has 1 aliphatic rings. The molecule has 0 heterocycles. The summed E-state index contributed by atoms with van der Waals surface area (Å²) in [6.45, 7) is 0.771. The third-order valence-corrected chi connectivity index (χ3v) is 4.52. The Hall–Kier alpha value is -1.39. The summed E-state index contributed by atoms with van der Waals surface area (Å²) in [6, 6.07) is 9.82. The maximum Gasteiger partial charge on any atom is 0.316 e. The molecule has 1 aromatic carbocycles. The normalized spacial score (nSPS) is 29.4. The lowest BCUT2D eigenvalue weighted by Gasteiger charge is -2.42. The van der Waals surface area contributed by atoms with Gasteiger partial charge in [0, 0.05) is 6.54 Å². The van der Waals surface area contributed by atoms with E-state index < -0.39 is 5.41 Å². The smallest absolute Gasteiger partial charge is 0.316 e. The second kappa shape index (κ2) is 6.58. The van der Waals surface area contributed by atoms with Gasteiger partial charge in [0.05, 0.1) is 18.6 Å². The Labute approximate surface area is 126 Å². The fraction of sp³-hybridized carbons (Fsp3) is 0.588. The molecule has 4 nitrogen and oxygen atoms in total. The summed E-state index contributed by atoms with van der Waals surface area (Å²) >= 11 is 0. The van der Waals surface area contributed by atoms with Crippen LogP contribution in [0.4, 0.5) is 0 Å². The monoisotopic (exact) mass is 291 g/mol. The van der Waals surface area contributed by atoms with Crippen molar-refractivity contribution in [3.8, 4) is 0 Å². The highest BCUT2D eigenvalue weighted by atomic mass is 16.5. The van der Waals surface area contributed by atoms with E-state index in [1.807, 2.05) is 44.4 Å². The van der Waals surface area contributed by atoms with Crippen LogP contribution in [-0.2, 0) is 14.9 Å². The van der Waals surface area contributed by atoms with Crippen molar-refractivity contribution >= 4 is 5.97 Å². The van der Waals surface area contributed by atoms with E-state index in [1.54, 1.807) is 0 Å². The number of ether oxygens (including phenoxy) is 1. The number of esters is 1. The van der Waals surface area contributed by atoms with Gasteiger partial charge in [-0.3, -0.25) is 4.79 Å². The van der Waals surface area contributed by atoms with Gasteiger partial charge in [-0.1, -0.05) is 30.3 Å². The maximum absolute atomic E-state index is 12.5. The Morgan fingerprint density at radius 3 is 2.62 bits per heavy atom. The van der Waals surface area contributed by atoms with Gasteiger partial charge in [-0.15, -0.1) is 0 Å². The first kappa shape index (κ1) is 16.0. The summed E-state index contributed by atoms with van der Waals surface area (Å²) in [5, 5.41) is 10.3. The zero-order chi connectivity index (χ0) is 15.5. The molecule has 3 unspecified atom stereocenters. The van der Waals surface area contributed by atoms with Gasteiger partial charge < -0.3 is 14.7 Å². The molecule has 1 fully saturated rings. The largest absolute Gasteiger partial charge is 0.468 e. The number of benzene rings is 1. The van der Waals surface area contributed by atoms with E-state index in [4.69, 9.17) is 4.74 Å². The van der Waals surface area contributed by atoms with Crippen LogP contribution in [0.1, 0.15) is 24.8 Å². The average Bonchev–Trinajstić information content (AvgIpc) is 2.49. The maximum atomic E-state index is 12.5. The minimum Gasteiger partial charge on any atom is -0.468 e. The van der Waals surface area contributed by atoms with E-state index in [-0.39, 0.29) is 18.0 Å². The summed E-state index contributed by atoms with van der Waals surface area (Å²) < 4.78 is 5.10. The third kappa shape index (κ3) is 3.27. The van der Waals surface area contributed by atoms with Crippen molar-refractivity contribution in [3.63, 3.8) is 0 Å². The SMILES string of the molecule is COC(=O)C1(c2ccccc2)CCC(O)C(CN(C)C)C1. The summed E-state index contributed by atoms with van der Waals surface area (Å²) in [6.07, 6.45) is 1.54. The van der Waals surface area contributed by atoms with Crippen LogP contribution < -0.4 is 0 Å². The Morgan fingerprint density at radius 1 is 1.38 bits per heavy atom. The van der Waals surface area contributed by atoms with Gasteiger partial charge in [0.25, 0.3) is 0 Å². The van der Waals surface area contributed by atoms with Gasteiger partial charge in [0.15, 0.2) is 0 Å². The highest BCUT2D eigenvalue weighted by Gasteiger charge is 2.47. The molecule has 1 aliphatic carbocycles. The molecule has 0 aliphatic heterocycles. The number of methoxy groups -OCH3 is 1. The van der Waals surface area contributed by atoms with Gasteiger partial charge in [0.2, 0.25) is 0 Å². The molecule has 0 bridgehead atoms. The van der Waals surface area contributed by atoms with E-state index in [2.05, 4.69) is 4.90 Å². The van der Waals surface area contributed by atoms with Gasteiger partial charge in [-0.25, -0.2) is 0 Å². The van der Waals surface area contributed by atoms with Crippen LogP contribution in [0.2, 0.25) is 0 Å². The molecular formula is C17H25NO3. The molecular weight excluding hydrogens is 266 g/mol. The summed E-state index contributed by atoms with van der Waals surface area (Å²) in [7, 11) is 5.42. The Balaban J connectivity index is 2.35. The fourth-order valence-corrected chi connectivity index (χ4v) is 3.49. The van der Waals surface area contributed by atoms with Crippen molar-refractivity contribution in [1.82, 2.24) is 4.90 Å². The molecule has 0 radical (unpaired) electrons. The van der Waals surface area contributed by atoms with Crippen LogP contribution in [-0.4, -0.2) is 49.8 Å². The Bertz CT molecular complexity index is 474. The third-order valence-electron chi connectivity index (χ3n) is 4.52. The average molecular weight is 291 g/mol. The standard InChI is InChI=1S/C17H25NO3/c1-18(2)12-13-11-17(16(20)21-3,10-9-15(13)19)14-7-5-4-6-8-14/h4-8,13,15,19H,9-12H2,1-3H3. The van der Waals surface area contributed by atoms with E-state index in [0.29, 0.717) is 19.3 Å². The minimum atomic E-state index is -0.629. The molecule has 21 heavy (non-hydrogen) atoms. The zero-order valence-electron chi connectivity index (χ0n) is 13.1. The number of carbonyl (C=O) groups is 1. The molecule has 3 atom stereocenters. The zero-order valence-corrected chi connectivity index (χ0v) is 13.1. The quantitative estimate of drug-likeness (QED) is 0.860. The van der Waals surface area contributed by atoms with Crippen LogP contribution in [0.15, 0.2) is 30.3 Å². The highest BCUT2D eigenvalue weighted by molar-refractivity contribution is 5.83. The second-order valence-electron chi connectivity index (χ2n) is 6.27. The van der Waals surface area contributed by atoms with Crippen molar-refractivity contribution < 1.29 is 14.6 Å². The van der Waals surface area contributed by atoms with E-state index >= 15 is 0 Å². The molecule has 0 spiro atoms. The molecule has 0 aromatic heterocycles. The van der Waals surface area contributed by atoms with Crippen molar-refractivity contribution in [3.05, 3.63) is 35.9 Å². The first-order chi connectivity index (χ1) is 9.99. The van der Waals surface area contributed by atoms with Crippen molar-refractivity contribution in [2.24, 2.45) is 5.92 Å². The topological polar surface area (TPSA) is 49.8 Å². The number of rotatable bonds is 4. The number of hydrogen-bond acceptors (Lipinski definition) is 4. The minimum absolute atomic E-state index is 0.0769. The molecule has 4 heteroatoms. The predicted molar refractivity (Wildman–Crippen MR) is 82.0 cm³/mol. The molecule has 116 valence electrons. The lowest BCUT2D eigenvalue weighted by atomic mass is 9.64. The molecule has 0 amide bonds. The van der Waals surface area contributed by atoms with E-state index in [9.17, 15) is 9.90 Å². The molecule has 1 aromatic rings. The van der Waals surface area contributed by atoms with Crippen LogP contribution in [0, 0.1) is 5.92 Å². The second-order valence-corrected chi connectivity index (χ2v) is 6.27. The van der Waals surface area contributed by atoms with Crippen molar-refractivity contribution in [1.29, 1.82) is 0 Å². The molecule has 1 N–H and O–H groups in total. The van der Waals surface area contributed by atoms with Gasteiger partial charge in [-0.05, 0) is 44.8 Å². The highest BCUT2D eigenvalue weighted by Crippen LogP contribution is 2.43. The van der Waals surface area contributed by atoms with Crippen LogP contribution in [0.5, 0.6) is 0 Å². The number of aliphatic hydroxyl groups is 1. The van der Waals surface area contributed by atoms with Crippen LogP contribution in [0.25, 0.3) is 0 Å². The van der Waals surface area contributed by atoms with E-state index in [0.717, 1.165) is 12.1 Å². The number of nitrogens with zero attached hydrogens (tertiary/aromatic N) is 1. The lowest BCUT2D eigenvalue weighted by molar-refractivity contribution is -0.151. The van der Waals surface area contributed by atoms with Crippen molar-refractivity contribution in [2.45, 2.75) is 30.8 Å². The number of aliphatic hydroxyl groups excluding tert-OH is 1. The first-order valence-corrected chi connectivity index (χ1v) is 7.46. The number of carbonyl (C=O) groups excluding carboxylic acids is 1. The first-order valence-electron chi connectivity index (χ1n) is 7.46. The molecule has 0 saturated heterocycles. The van der Waals surface area contributed by atoms with Gasteiger partial charge >= 0.3 is 5.97 Å². The van der Waals surface area contributed by atoms with Crippen LogP contribution >= 0.6 is 0 Å². The Kier molecular flexibility index (Phi) is 5.01. The van der Waals surface area contributed by atoms with Gasteiger partial charge in [-0.2, -0.15) is 0 Å². The van der Waals surface area contributed by atoms with Crippen LogP contribution in [0.3, 0.4) is 0 Å². The number of hydrogen-bond donors (Lipinski definition) is 1. The van der Waals surface area contributed by atoms with Crippen molar-refractivity contribution in [2.75, 3.05) is 27.7 Å². The van der Waals surface area contributed by atoms with Gasteiger partial charge in [0.1, 0.15) is 0 Å². The molecule has 2 rings (SSSR count). The molecule has 1 saturated carbocycles.